The number of benzene rings is 2. The molecule has 222 valence electrons. The van der Waals surface area contributed by atoms with Crippen LogP contribution in [0.3, 0.4) is 0 Å². The maximum Gasteiger partial charge on any atom is 0.248 e. The molecular weight excluding hydrogens is 647 g/mol. The molecule has 0 bridgehead atoms. The monoisotopic (exact) mass is 682 g/mol. The Kier molecular flexibility index (Phi) is 12.4. The fourth-order valence-electron chi connectivity index (χ4n) is 4.60. The van der Waals surface area contributed by atoms with Gasteiger partial charge in [-0.15, -0.1) is 0 Å². The van der Waals surface area contributed by atoms with Gasteiger partial charge in [0.15, 0.2) is 11.5 Å². The summed E-state index contributed by atoms with van der Waals surface area (Å²) in [5, 5.41) is 23.4. The highest BCUT2D eigenvalue weighted by molar-refractivity contribution is 14.1. The molecule has 0 unspecified atom stereocenters. The van der Waals surface area contributed by atoms with Gasteiger partial charge in [-0.1, -0.05) is 12.1 Å². The number of hydrogen-bond donors (Lipinski definition) is 3. The van der Waals surface area contributed by atoms with Crippen LogP contribution in [0.1, 0.15) is 22.3 Å². The van der Waals surface area contributed by atoms with E-state index < -0.39 is 24.2 Å². The van der Waals surface area contributed by atoms with Crippen LogP contribution in [0.2, 0.25) is 0 Å². The SMILES string of the molecule is COCC(=O)N(CCc1cccc(OC)c1)[C@@H]1CC(C(=O)NCCO)=C[C@H](Oc2c(I)cc(C=O)cc2OC)[C@H]1O. The number of aldehydes is 1. The van der Waals surface area contributed by atoms with Gasteiger partial charge in [0.25, 0.3) is 0 Å². The molecule has 0 aliphatic heterocycles. The van der Waals surface area contributed by atoms with Crippen molar-refractivity contribution in [1.82, 2.24) is 10.2 Å². The van der Waals surface area contributed by atoms with Gasteiger partial charge in [0.2, 0.25) is 11.8 Å². The van der Waals surface area contributed by atoms with Crippen molar-refractivity contribution in [2.75, 3.05) is 47.6 Å². The number of amides is 2. The van der Waals surface area contributed by atoms with Crippen molar-refractivity contribution in [1.29, 1.82) is 0 Å². The lowest BCUT2D eigenvalue weighted by molar-refractivity contribution is -0.142. The largest absolute Gasteiger partial charge is 0.497 e. The molecule has 0 aromatic heterocycles. The Morgan fingerprint density at radius 2 is 1.95 bits per heavy atom. The third-order valence-corrected chi connectivity index (χ3v) is 7.42. The number of methoxy groups -OCH3 is 3. The average molecular weight is 683 g/mol. The third-order valence-electron chi connectivity index (χ3n) is 6.62. The van der Waals surface area contributed by atoms with Gasteiger partial charge in [-0.2, -0.15) is 0 Å². The predicted octanol–water partition coefficient (Wildman–Crippen LogP) is 1.75. The van der Waals surface area contributed by atoms with Crippen molar-refractivity contribution in [3.8, 4) is 17.2 Å². The van der Waals surface area contributed by atoms with Crippen LogP contribution in [0.15, 0.2) is 48.0 Å². The molecule has 0 saturated heterocycles. The molecule has 3 N–H and O–H groups in total. The van der Waals surface area contributed by atoms with Crippen LogP contribution >= 0.6 is 22.6 Å². The van der Waals surface area contributed by atoms with E-state index in [9.17, 15) is 24.6 Å². The molecule has 3 rings (SSSR count). The lowest BCUT2D eigenvalue weighted by Gasteiger charge is -2.40. The van der Waals surface area contributed by atoms with Gasteiger partial charge in [0.1, 0.15) is 30.9 Å². The second kappa shape index (κ2) is 15.7. The lowest BCUT2D eigenvalue weighted by atomic mass is 9.88. The molecule has 0 heterocycles. The summed E-state index contributed by atoms with van der Waals surface area (Å²) in [4.78, 5) is 39.2. The molecule has 0 fully saturated rings. The number of ether oxygens (including phenoxy) is 4. The van der Waals surface area contributed by atoms with Crippen LogP contribution in [0.5, 0.6) is 17.2 Å². The second-order valence-electron chi connectivity index (χ2n) is 9.29. The van der Waals surface area contributed by atoms with Crippen molar-refractivity contribution in [2.24, 2.45) is 0 Å². The van der Waals surface area contributed by atoms with Crippen LogP contribution in [0, 0.1) is 3.57 Å². The molecule has 2 aromatic carbocycles. The molecule has 0 spiro atoms. The number of aliphatic hydroxyl groups is 2. The standard InChI is InChI=1S/C29H35IN2O9/c1-38-17-26(35)32(9-7-18-5-4-6-21(11-18)39-2)23-14-20(29(37)31-8-10-33)15-24(27(23)36)41-28-22(30)12-19(16-34)13-25(28)40-3/h4-6,11-13,15-16,23-24,27,33,36H,7-10,14,17H2,1-3H3,(H,31,37)/t23-,24+,27+/m1/s1. The summed E-state index contributed by atoms with van der Waals surface area (Å²) in [6.07, 6.45) is 0.410. The predicted molar refractivity (Wildman–Crippen MR) is 158 cm³/mol. The topological polar surface area (TPSA) is 144 Å². The fourth-order valence-corrected chi connectivity index (χ4v) is 5.35. The Bertz CT molecular complexity index is 1250. The van der Waals surface area contributed by atoms with Crippen LogP contribution in [-0.4, -0.2) is 99.1 Å². The molecule has 0 radical (unpaired) electrons. The number of nitrogens with zero attached hydrogens (tertiary/aromatic N) is 1. The highest BCUT2D eigenvalue weighted by Crippen LogP contribution is 2.37. The van der Waals surface area contributed by atoms with Gasteiger partial charge in [-0.3, -0.25) is 14.4 Å². The average Bonchev–Trinajstić information content (AvgIpc) is 2.98. The Morgan fingerprint density at radius 1 is 1.17 bits per heavy atom. The van der Waals surface area contributed by atoms with E-state index in [1.54, 1.807) is 13.2 Å². The van der Waals surface area contributed by atoms with Crippen LogP contribution in [0.25, 0.3) is 0 Å². The van der Waals surface area contributed by atoms with Gasteiger partial charge in [0, 0.05) is 37.8 Å². The molecule has 1 aliphatic carbocycles. The summed E-state index contributed by atoms with van der Waals surface area (Å²) in [6.45, 7) is -0.204. The maximum atomic E-state index is 13.3. The van der Waals surface area contributed by atoms with Crippen molar-refractivity contribution in [2.45, 2.75) is 31.1 Å². The summed E-state index contributed by atoms with van der Waals surface area (Å²) in [7, 11) is 4.41. The first-order valence-electron chi connectivity index (χ1n) is 12.9. The van der Waals surface area contributed by atoms with E-state index in [1.807, 2.05) is 46.9 Å². The Hall–Kier alpha value is -3.20. The van der Waals surface area contributed by atoms with Crippen LogP contribution in [-0.2, 0) is 20.7 Å². The van der Waals surface area contributed by atoms with E-state index in [1.165, 1.54) is 31.3 Å². The van der Waals surface area contributed by atoms with E-state index in [0.29, 0.717) is 27.6 Å². The zero-order chi connectivity index (χ0) is 29.9. The minimum Gasteiger partial charge on any atom is -0.497 e. The molecule has 11 nitrogen and oxygen atoms in total. The third kappa shape index (κ3) is 8.41. The number of aliphatic hydroxyl groups excluding tert-OH is 2. The summed E-state index contributed by atoms with van der Waals surface area (Å²) >= 11 is 2.00. The molecule has 1 aliphatic rings. The highest BCUT2D eigenvalue weighted by atomic mass is 127. The van der Waals surface area contributed by atoms with Crippen molar-refractivity contribution in [3.05, 3.63) is 62.7 Å². The molecule has 0 saturated carbocycles. The van der Waals surface area contributed by atoms with Gasteiger partial charge in [-0.25, -0.2) is 0 Å². The first-order valence-corrected chi connectivity index (χ1v) is 14.0. The summed E-state index contributed by atoms with van der Waals surface area (Å²) < 4.78 is 22.7. The van der Waals surface area contributed by atoms with E-state index >= 15 is 0 Å². The number of rotatable bonds is 14. The van der Waals surface area contributed by atoms with Gasteiger partial charge in [0.05, 0.1) is 30.4 Å². The van der Waals surface area contributed by atoms with Gasteiger partial charge < -0.3 is 39.4 Å². The molecule has 41 heavy (non-hydrogen) atoms. The lowest BCUT2D eigenvalue weighted by Crippen LogP contribution is -2.56. The van der Waals surface area contributed by atoms with E-state index in [4.69, 9.17) is 18.9 Å². The zero-order valence-corrected chi connectivity index (χ0v) is 25.3. The summed E-state index contributed by atoms with van der Waals surface area (Å²) in [5.41, 5.74) is 1.59. The first kappa shape index (κ1) is 32.3. The summed E-state index contributed by atoms with van der Waals surface area (Å²) in [6, 6.07) is 9.74. The van der Waals surface area contributed by atoms with Crippen molar-refractivity contribution < 1.29 is 43.5 Å². The normalized spacial score (nSPS) is 18.2. The fraction of sp³-hybridized carbons (Fsp3) is 0.414. The van der Waals surface area contributed by atoms with Crippen LogP contribution < -0.4 is 19.5 Å². The maximum absolute atomic E-state index is 13.3. The first-order chi connectivity index (χ1) is 19.8. The smallest absolute Gasteiger partial charge is 0.248 e. The van der Waals surface area contributed by atoms with Crippen LogP contribution in [0.4, 0.5) is 0 Å². The number of halogens is 1. The number of carbonyl (C=O) groups is 3. The van der Waals surface area contributed by atoms with Gasteiger partial charge >= 0.3 is 0 Å². The van der Waals surface area contributed by atoms with Crippen molar-refractivity contribution >= 4 is 40.7 Å². The minimum absolute atomic E-state index is 0.0377. The molecule has 12 heteroatoms. The van der Waals surface area contributed by atoms with E-state index in [-0.39, 0.29) is 55.7 Å². The number of carbonyl (C=O) groups excluding carboxylic acids is 3. The number of hydrogen-bond acceptors (Lipinski definition) is 9. The quantitative estimate of drug-likeness (QED) is 0.201. The minimum atomic E-state index is -1.23. The Morgan fingerprint density at radius 3 is 2.61 bits per heavy atom. The van der Waals surface area contributed by atoms with Gasteiger partial charge in [-0.05, 0) is 64.9 Å². The molecular formula is C29H35IN2O9. The summed E-state index contributed by atoms with van der Waals surface area (Å²) in [5.74, 6) is 0.421. The zero-order valence-electron chi connectivity index (χ0n) is 23.2. The molecule has 2 aromatic rings. The molecule has 2 amide bonds. The Labute approximate surface area is 252 Å². The highest BCUT2D eigenvalue weighted by Gasteiger charge is 2.40. The number of nitrogens with one attached hydrogen (secondary N) is 1. The van der Waals surface area contributed by atoms with E-state index in [0.717, 1.165) is 5.56 Å². The second-order valence-corrected chi connectivity index (χ2v) is 10.5. The molecule has 3 atom stereocenters. The van der Waals surface area contributed by atoms with Crippen molar-refractivity contribution in [3.63, 3.8) is 0 Å². The Balaban J connectivity index is 1.99. The van der Waals surface area contributed by atoms with E-state index in [2.05, 4.69) is 5.32 Å².